The monoisotopic (exact) mass is 246 g/mol. The lowest BCUT2D eigenvalue weighted by molar-refractivity contribution is -0.151. The van der Waals surface area contributed by atoms with E-state index in [-0.39, 0.29) is 12.8 Å². The van der Waals surface area contributed by atoms with Crippen LogP contribution < -0.4 is 11.5 Å². The summed E-state index contributed by atoms with van der Waals surface area (Å²) in [6.07, 6.45) is -0.437. The zero-order valence-corrected chi connectivity index (χ0v) is 9.84. The minimum Gasteiger partial charge on any atom is -0.481 e. The van der Waals surface area contributed by atoms with Crippen molar-refractivity contribution in [2.75, 3.05) is 0 Å². The molecule has 0 amide bonds. The summed E-state index contributed by atoms with van der Waals surface area (Å²) < 4.78 is 0. The van der Waals surface area contributed by atoms with E-state index in [1.165, 1.54) is 13.8 Å². The number of carbonyl (C=O) groups is 3. The molecule has 0 aliphatic rings. The van der Waals surface area contributed by atoms with Crippen molar-refractivity contribution in [1.82, 2.24) is 0 Å². The van der Waals surface area contributed by atoms with Gasteiger partial charge in [0.1, 0.15) is 0 Å². The van der Waals surface area contributed by atoms with E-state index in [0.717, 1.165) is 0 Å². The number of rotatable bonds is 7. The molecule has 7 nitrogen and oxygen atoms in total. The molecule has 2 atom stereocenters. The molecule has 0 rings (SSSR count). The van der Waals surface area contributed by atoms with Gasteiger partial charge in [0, 0.05) is 6.42 Å². The van der Waals surface area contributed by atoms with Crippen LogP contribution in [0, 0.1) is 5.92 Å². The molecule has 17 heavy (non-hydrogen) atoms. The third-order valence-corrected chi connectivity index (χ3v) is 2.68. The van der Waals surface area contributed by atoms with Gasteiger partial charge in [0.15, 0.2) is 11.3 Å². The fourth-order valence-corrected chi connectivity index (χ4v) is 1.35. The standard InChI is InChI=1S/C10H18N2O5/c1-5(2)10(12,9(16)17)8(15)6(11)3-4-7(13)14/h5-6H,3-4,11-12H2,1-2H3,(H,13,14)(H,16,17). The molecule has 0 saturated carbocycles. The topological polar surface area (TPSA) is 144 Å². The summed E-state index contributed by atoms with van der Waals surface area (Å²) in [6, 6.07) is -1.19. The van der Waals surface area contributed by atoms with Crippen molar-refractivity contribution in [3.8, 4) is 0 Å². The zero-order chi connectivity index (χ0) is 13.8. The number of nitrogens with two attached hydrogens (primary N) is 2. The van der Waals surface area contributed by atoms with Crippen LogP contribution in [0.25, 0.3) is 0 Å². The lowest BCUT2D eigenvalue weighted by Crippen LogP contribution is -2.63. The quantitative estimate of drug-likeness (QED) is 0.430. The lowest BCUT2D eigenvalue weighted by atomic mass is 9.80. The first-order valence-corrected chi connectivity index (χ1v) is 5.18. The zero-order valence-electron chi connectivity index (χ0n) is 9.84. The molecule has 0 radical (unpaired) electrons. The molecule has 0 aromatic heterocycles. The van der Waals surface area contributed by atoms with Crippen LogP contribution in [-0.2, 0) is 14.4 Å². The van der Waals surface area contributed by atoms with Gasteiger partial charge in [0.05, 0.1) is 6.04 Å². The van der Waals surface area contributed by atoms with Crippen molar-refractivity contribution in [1.29, 1.82) is 0 Å². The van der Waals surface area contributed by atoms with Gasteiger partial charge in [-0.05, 0) is 12.3 Å². The Labute approximate surface area is 98.8 Å². The third kappa shape index (κ3) is 3.50. The van der Waals surface area contributed by atoms with Crippen LogP contribution in [0.1, 0.15) is 26.7 Å². The SMILES string of the molecule is CC(C)C(N)(C(=O)O)C(=O)C(N)CCC(=O)O. The molecule has 0 bridgehead atoms. The van der Waals surface area contributed by atoms with Gasteiger partial charge in [0.25, 0.3) is 0 Å². The van der Waals surface area contributed by atoms with E-state index in [9.17, 15) is 14.4 Å². The molecule has 7 heteroatoms. The van der Waals surface area contributed by atoms with Crippen molar-refractivity contribution in [3.63, 3.8) is 0 Å². The maximum atomic E-state index is 11.8. The van der Waals surface area contributed by atoms with E-state index < -0.39 is 35.2 Å². The Bertz CT molecular complexity index is 329. The molecular weight excluding hydrogens is 228 g/mol. The number of carboxylic acid groups (broad SMARTS) is 2. The van der Waals surface area contributed by atoms with E-state index in [0.29, 0.717) is 0 Å². The summed E-state index contributed by atoms with van der Waals surface area (Å²) in [5.74, 6) is -4.04. The van der Waals surface area contributed by atoms with Crippen LogP contribution in [0.15, 0.2) is 0 Å². The van der Waals surface area contributed by atoms with Crippen LogP contribution in [0.5, 0.6) is 0 Å². The Morgan fingerprint density at radius 2 is 1.71 bits per heavy atom. The fourth-order valence-electron chi connectivity index (χ4n) is 1.35. The average Bonchev–Trinajstić information content (AvgIpc) is 2.22. The van der Waals surface area contributed by atoms with E-state index in [1.54, 1.807) is 0 Å². The normalized spacial score (nSPS) is 16.3. The second kappa shape index (κ2) is 5.74. The van der Waals surface area contributed by atoms with Gasteiger partial charge < -0.3 is 21.7 Å². The third-order valence-electron chi connectivity index (χ3n) is 2.68. The largest absolute Gasteiger partial charge is 0.481 e. The first kappa shape index (κ1) is 15.5. The number of aliphatic carboxylic acids is 2. The number of carbonyl (C=O) groups excluding carboxylic acids is 1. The Morgan fingerprint density at radius 1 is 1.24 bits per heavy atom. The second-order valence-corrected chi connectivity index (χ2v) is 4.23. The van der Waals surface area contributed by atoms with E-state index in [1.807, 2.05) is 0 Å². The predicted octanol–water partition coefficient (Wildman–Crippen LogP) is -0.814. The molecule has 0 saturated heterocycles. The van der Waals surface area contributed by atoms with Crippen molar-refractivity contribution in [3.05, 3.63) is 0 Å². The van der Waals surface area contributed by atoms with Gasteiger partial charge in [0.2, 0.25) is 0 Å². The second-order valence-electron chi connectivity index (χ2n) is 4.23. The molecule has 0 spiro atoms. The molecule has 6 N–H and O–H groups in total. The van der Waals surface area contributed by atoms with Gasteiger partial charge in [-0.1, -0.05) is 13.8 Å². The molecule has 2 unspecified atom stereocenters. The Morgan fingerprint density at radius 3 is 2.00 bits per heavy atom. The maximum Gasteiger partial charge on any atom is 0.331 e. The number of hydrogen-bond donors (Lipinski definition) is 4. The smallest absolute Gasteiger partial charge is 0.331 e. The number of hydrogen-bond acceptors (Lipinski definition) is 5. The van der Waals surface area contributed by atoms with Crippen molar-refractivity contribution in [2.45, 2.75) is 38.3 Å². The first-order valence-electron chi connectivity index (χ1n) is 5.18. The molecule has 98 valence electrons. The van der Waals surface area contributed by atoms with Crippen LogP contribution in [0.3, 0.4) is 0 Å². The maximum absolute atomic E-state index is 11.8. The highest BCUT2D eigenvalue weighted by molar-refractivity contribution is 6.10. The van der Waals surface area contributed by atoms with Gasteiger partial charge in [-0.15, -0.1) is 0 Å². The van der Waals surface area contributed by atoms with Crippen LogP contribution in [0.2, 0.25) is 0 Å². The first-order chi connectivity index (χ1) is 7.63. The minimum atomic E-state index is -2.07. The van der Waals surface area contributed by atoms with Crippen LogP contribution >= 0.6 is 0 Å². The summed E-state index contributed by atoms with van der Waals surface area (Å²) in [7, 11) is 0. The minimum absolute atomic E-state index is 0.132. The van der Waals surface area contributed by atoms with Crippen LogP contribution in [0.4, 0.5) is 0 Å². The number of carboxylic acids is 2. The summed E-state index contributed by atoms with van der Waals surface area (Å²) in [6.45, 7) is 2.99. The summed E-state index contributed by atoms with van der Waals surface area (Å²) in [4.78, 5) is 33.2. The van der Waals surface area contributed by atoms with Gasteiger partial charge >= 0.3 is 11.9 Å². The Kier molecular flexibility index (Phi) is 5.24. The molecule has 0 heterocycles. The highest BCUT2D eigenvalue weighted by Crippen LogP contribution is 2.18. The fraction of sp³-hybridized carbons (Fsp3) is 0.700. The summed E-state index contributed by atoms with van der Waals surface area (Å²) >= 11 is 0. The van der Waals surface area contributed by atoms with E-state index in [4.69, 9.17) is 21.7 Å². The predicted molar refractivity (Wildman–Crippen MR) is 59.2 cm³/mol. The Balaban J connectivity index is 4.86. The van der Waals surface area contributed by atoms with Gasteiger partial charge in [-0.3, -0.25) is 9.59 Å². The highest BCUT2D eigenvalue weighted by Gasteiger charge is 2.46. The molecule has 0 fully saturated rings. The van der Waals surface area contributed by atoms with Crippen molar-refractivity contribution >= 4 is 17.7 Å². The molecular formula is C10H18N2O5. The number of Topliss-reactive ketones (excluding diaryl/α,β-unsaturated/α-hetero) is 1. The van der Waals surface area contributed by atoms with Crippen molar-refractivity contribution in [2.24, 2.45) is 17.4 Å². The lowest BCUT2D eigenvalue weighted by Gasteiger charge is -2.29. The van der Waals surface area contributed by atoms with E-state index in [2.05, 4.69) is 0 Å². The van der Waals surface area contributed by atoms with Gasteiger partial charge in [-0.2, -0.15) is 0 Å². The van der Waals surface area contributed by atoms with Crippen molar-refractivity contribution < 1.29 is 24.6 Å². The number of ketones is 1. The highest BCUT2D eigenvalue weighted by atomic mass is 16.4. The summed E-state index contributed by atoms with van der Waals surface area (Å²) in [5.41, 5.74) is 8.96. The van der Waals surface area contributed by atoms with E-state index >= 15 is 0 Å². The van der Waals surface area contributed by atoms with Crippen LogP contribution in [-0.4, -0.2) is 39.5 Å². The molecule has 0 aliphatic carbocycles. The molecule has 0 aliphatic heterocycles. The van der Waals surface area contributed by atoms with Gasteiger partial charge in [-0.25, -0.2) is 4.79 Å². The average molecular weight is 246 g/mol. The summed E-state index contributed by atoms with van der Waals surface area (Å²) in [5, 5.41) is 17.4. The molecule has 0 aromatic carbocycles. The molecule has 0 aromatic rings. The Hall–Kier alpha value is -1.47.